The SMILES string of the molecule is CC=CC(=CC)CNc1ncc2n1CCN(CC1CCCCC1)C2. The van der Waals surface area contributed by atoms with Crippen molar-refractivity contribution in [1.82, 2.24) is 14.5 Å². The quantitative estimate of drug-likeness (QED) is 0.794. The van der Waals surface area contributed by atoms with E-state index in [2.05, 4.69) is 58.0 Å². The van der Waals surface area contributed by atoms with Gasteiger partial charge >= 0.3 is 0 Å². The Morgan fingerprint density at radius 2 is 2.08 bits per heavy atom. The van der Waals surface area contributed by atoms with Crippen LogP contribution >= 0.6 is 0 Å². The topological polar surface area (TPSA) is 33.1 Å². The summed E-state index contributed by atoms with van der Waals surface area (Å²) in [5.74, 6) is 1.94. The van der Waals surface area contributed by atoms with Gasteiger partial charge < -0.3 is 9.88 Å². The predicted octanol–water partition coefficient (Wildman–Crippen LogP) is 4.21. The second-order valence-electron chi connectivity index (χ2n) is 7.18. The molecule has 4 nitrogen and oxygen atoms in total. The average Bonchev–Trinajstić information content (AvgIpc) is 3.02. The van der Waals surface area contributed by atoms with E-state index in [1.807, 2.05) is 0 Å². The molecule has 0 amide bonds. The molecule has 1 saturated carbocycles. The van der Waals surface area contributed by atoms with Gasteiger partial charge in [-0.3, -0.25) is 4.90 Å². The zero-order valence-corrected chi connectivity index (χ0v) is 15.3. The molecule has 1 aliphatic heterocycles. The minimum atomic E-state index is 0.836. The Morgan fingerprint density at radius 3 is 2.83 bits per heavy atom. The predicted molar refractivity (Wildman–Crippen MR) is 101 cm³/mol. The molecular formula is C20H32N4. The molecule has 1 aliphatic carbocycles. The number of aromatic nitrogens is 2. The zero-order chi connectivity index (χ0) is 16.8. The second kappa shape index (κ2) is 8.52. The van der Waals surface area contributed by atoms with Gasteiger partial charge in [-0.2, -0.15) is 0 Å². The van der Waals surface area contributed by atoms with E-state index in [4.69, 9.17) is 0 Å². The van der Waals surface area contributed by atoms with Crippen LogP contribution in [0.2, 0.25) is 0 Å². The molecular weight excluding hydrogens is 296 g/mol. The number of nitrogens with one attached hydrogen (secondary N) is 1. The third kappa shape index (κ3) is 4.29. The number of allylic oxidation sites excluding steroid dienone is 2. The first kappa shape index (κ1) is 17.3. The maximum atomic E-state index is 4.62. The molecule has 2 aliphatic rings. The number of fused-ring (bicyclic) bond motifs is 1. The van der Waals surface area contributed by atoms with Crippen molar-refractivity contribution in [3.8, 4) is 0 Å². The third-order valence-corrected chi connectivity index (χ3v) is 5.41. The average molecular weight is 329 g/mol. The van der Waals surface area contributed by atoms with Gasteiger partial charge in [0.1, 0.15) is 0 Å². The largest absolute Gasteiger partial charge is 0.352 e. The molecule has 1 aromatic heterocycles. The van der Waals surface area contributed by atoms with E-state index in [1.54, 1.807) is 0 Å². The lowest BCUT2D eigenvalue weighted by Crippen LogP contribution is -2.37. The van der Waals surface area contributed by atoms with Gasteiger partial charge in [-0.15, -0.1) is 0 Å². The van der Waals surface area contributed by atoms with Crippen LogP contribution in [0, 0.1) is 5.92 Å². The van der Waals surface area contributed by atoms with Gasteiger partial charge in [0.05, 0.1) is 11.9 Å². The highest BCUT2D eigenvalue weighted by Gasteiger charge is 2.23. The molecule has 0 atom stereocenters. The van der Waals surface area contributed by atoms with E-state index in [1.165, 1.54) is 49.9 Å². The number of hydrogen-bond donors (Lipinski definition) is 1. The Kier molecular flexibility index (Phi) is 6.13. The summed E-state index contributed by atoms with van der Waals surface area (Å²) in [6.07, 6.45) is 15.6. The highest BCUT2D eigenvalue weighted by atomic mass is 15.3. The molecule has 24 heavy (non-hydrogen) atoms. The standard InChI is InChI=1S/C20H32N4/c1-3-8-17(4-2)13-21-20-22-14-19-16-23(11-12-24(19)20)15-18-9-6-5-7-10-18/h3-4,8,14,18H,5-7,9-13,15-16H2,1-2H3,(H,21,22). The molecule has 0 spiro atoms. The van der Waals surface area contributed by atoms with Gasteiger partial charge in [-0.25, -0.2) is 4.98 Å². The number of rotatable bonds is 6. The lowest BCUT2D eigenvalue weighted by atomic mass is 9.89. The molecule has 0 radical (unpaired) electrons. The second-order valence-corrected chi connectivity index (χ2v) is 7.18. The fourth-order valence-electron chi connectivity index (χ4n) is 4.02. The lowest BCUT2D eigenvalue weighted by molar-refractivity contribution is 0.168. The van der Waals surface area contributed by atoms with E-state index >= 15 is 0 Å². The van der Waals surface area contributed by atoms with Gasteiger partial charge in [-0.05, 0) is 38.2 Å². The maximum absolute atomic E-state index is 4.62. The summed E-state index contributed by atoms with van der Waals surface area (Å²) in [6, 6.07) is 0. The number of nitrogens with zero attached hydrogens (tertiary/aromatic N) is 3. The third-order valence-electron chi connectivity index (χ3n) is 5.41. The molecule has 0 unspecified atom stereocenters. The van der Waals surface area contributed by atoms with Gasteiger partial charge in [0.15, 0.2) is 0 Å². The minimum absolute atomic E-state index is 0.836. The summed E-state index contributed by atoms with van der Waals surface area (Å²) >= 11 is 0. The van der Waals surface area contributed by atoms with Crippen LogP contribution in [-0.4, -0.2) is 34.1 Å². The van der Waals surface area contributed by atoms with Crippen LogP contribution < -0.4 is 5.32 Å². The number of anilines is 1. The molecule has 132 valence electrons. The first-order valence-electron chi connectivity index (χ1n) is 9.58. The zero-order valence-electron chi connectivity index (χ0n) is 15.3. The lowest BCUT2D eigenvalue weighted by Gasteiger charge is -2.33. The van der Waals surface area contributed by atoms with Crippen LogP contribution in [0.5, 0.6) is 0 Å². The summed E-state index contributed by atoms with van der Waals surface area (Å²) < 4.78 is 2.36. The fourth-order valence-corrected chi connectivity index (χ4v) is 4.02. The van der Waals surface area contributed by atoms with Crippen molar-refractivity contribution in [1.29, 1.82) is 0 Å². The Morgan fingerprint density at radius 1 is 1.25 bits per heavy atom. The van der Waals surface area contributed by atoms with Gasteiger partial charge in [0.2, 0.25) is 5.95 Å². The van der Waals surface area contributed by atoms with Crippen LogP contribution in [0.1, 0.15) is 51.6 Å². The minimum Gasteiger partial charge on any atom is -0.352 e. The van der Waals surface area contributed by atoms with E-state index in [0.717, 1.165) is 38.0 Å². The van der Waals surface area contributed by atoms with E-state index in [9.17, 15) is 0 Å². The molecule has 0 aromatic carbocycles. The molecule has 0 bridgehead atoms. The fraction of sp³-hybridized carbons (Fsp3) is 0.650. The maximum Gasteiger partial charge on any atom is 0.203 e. The van der Waals surface area contributed by atoms with Crippen molar-refractivity contribution in [3.05, 3.63) is 35.7 Å². The smallest absolute Gasteiger partial charge is 0.203 e. The Bertz CT molecular complexity index is 578. The Labute approximate surface area is 146 Å². The number of hydrogen-bond acceptors (Lipinski definition) is 3. The molecule has 3 rings (SSSR count). The van der Waals surface area contributed by atoms with Crippen molar-refractivity contribution in [2.45, 2.75) is 59.0 Å². The summed E-state index contributed by atoms with van der Waals surface area (Å²) in [6.45, 7) is 9.51. The van der Waals surface area contributed by atoms with Crippen molar-refractivity contribution < 1.29 is 0 Å². The van der Waals surface area contributed by atoms with Gasteiger partial charge in [0, 0.05) is 32.7 Å². The molecule has 0 saturated heterocycles. The Balaban J connectivity index is 1.55. The van der Waals surface area contributed by atoms with Crippen molar-refractivity contribution >= 4 is 5.95 Å². The van der Waals surface area contributed by atoms with E-state index < -0.39 is 0 Å². The number of imidazole rings is 1. The summed E-state index contributed by atoms with van der Waals surface area (Å²) in [4.78, 5) is 7.25. The Hall–Kier alpha value is -1.55. The molecule has 1 aromatic rings. The molecule has 1 N–H and O–H groups in total. The van der Waals surface area contributed by atoms with Crippen molar-refractivity contribution in [3.63, 3.8) is 0 Å². The van der Waals surface area contributed by atoms with Crippen LogP contribution in [0.25, 0.3) is 0 Å². The van der Waals surface area contributed by atoms with Crippen LogP contribution in [0.4, 0.5) is 5.95 Å². The van der Waals surface area contributed by atoms with Crippen molar-refractivity contribution in [2.75, 3.05) is 25.0 Å². The summed E-state index contributed by atoms with van der Waals surface area (Å²) in [5.41, 5.74) is 2.65. The van der Waals surface area contributed by atoms with Gasteiger partial charge in [-0.1, -0.05) is 37.5 Å². The molecule has 4 heteroatoms. The van der Waals surface area contributed by atoms with Crippen LogP contribution in [-0.2, 0) is 13.1 Å². The normalized spacial score (nSPS) is 20.5. The van der Waals surface area contributed by atoms with E-state index in [0.29, 0.717) is 0 Å². The summed E-state index contributed by atoms with van der Waals surface area (Å²) in [5, 5.41) is 3.50. The first-order valence-corrected chi connectivity index (χ1v) is 9.58. The monoisotopic (exact) mass is 328 g/mol. The van der Waals surface area contributed by atoms with Crippen LogP contribution in [0.3, 0.4) is 0 Å². The van der Waals surface area contributed by atoms with Crippen LogP contribution in [0.15, 0.2) is 30.0 Å². The first-order chi connectivity index (χ1) is 11.8. The molecule has 1 fully saturated rings. The van der Waals surface area contributed by atoms with Crippen molar-refractivity contribution in [2.24, 2.45) is 5.92 Å². The molecule has 2 heterocycles. The van der Waals surface area contributed by atoms with Gasteiger partial charge in [0.25, 0.3) is 0 Å². The highest BCUT2D eigenvalue weighted by molar-refractivity contribution is 5.34. The highest BCUT2D eigenvalue weighted by Crippen LogP contribution is 2.26. The summed E-state index contributed by atoms with van der Waals surface area (Å²) in [7, 11) is 0. The van der Waals surface area contributed by atoms with E-state index in [-0.39, 0.29) is 0 Å².